The lowest BCUT2D eigenvalue weighted by Crippen LogP contribution is -2.14. The second-order valence-electron chi connectivity index (χ2n) is 4.26. The van der Waals surface area contributed by atoms with E-state index in [0.717, 1.165) is 0 Å². The summed E-state index contributed by atoms with van der Waals surface area (Å²) >= 11 is 5.79. The van der Waals surface area contributed by atoms with Gasteiger partial charge in [-0.2, -0.15) is 0 Å². The first-order chi connectivity index (χ1) is 10.4. The largest absolute Gasteiger partial charge is 0.506 e. The van der Waals surface area contributed by atoms with E-state index in [4.69, 9.17) is 16.3 Å². The number of nitrogens with zero attached hydrogens (tertiary/aromatic N) is 1. The molecule has 2 aromatic carbocycles. The topological polar surface area (TPSA) is 102 Å². The van der Waals surface area contributed by atoms with Crippen molar-refractivity contribution in [1.29, 1.82) is 0 Å². The van der Waals surface area contributed by atoms with Crippen molar-refractivity contribution >= 4 is 28.9 Å². The predicted molar refractivity (Wildman–Crippen MR) is 80.7 cm³/mol. The minimum atomic E-state index is -0.761. The molecule has 0 aliphatic carbocycles. The Labute approximate surface area is 130 Å². The number of phenolic OH excluding ortho intramolecular Hbond substituents is 1. The van der Waals surface area contributed by atoms with E-state index in [-0.39, 0.29) is 22.7 Å². The first-order valence-electron chi connectivity index (χ1n) is 6.04. The molecule has 1 amide bonds. The number of methoxy groups -OCH3 is 1. The number of hydrogen-bond donors (Lipinski definition) is 2. The van der Waals surface area contributed by atoms with Gasteiger partial charge < -0.3 is 15.2 Å². The van der Waals surface area contributed by atoms with E-state index < -0.39 is 10.8 Å². The van der Waals surface area contributed by atoms with Gasteiger partial charge in [0.2, 0.25) is 0 Å². The van der Waals surface area contributed by atoms with Crippen molar-refractivity contribution in [3.8, 4) is 11.5 Å². The van der Waals surface area contributed by atoms with Gasteiger partial charge in [0, 0.05) is 11.1 Å². The number of nitro benzene ring substituents is 1. The second kappa shape index (κ2) is 6.31. The zero-order chi connectivity index (χ0) is 16.3. The van der Waals surface area contributed by atoms with Crippen LogP contribution in [0.2, 0.25) is 5.02 Å². The van der Waals surface area contributed by atoms with Crippen LogP contribution in [0.25, 0.3) is 0 Å². The van der Waals surface area contributed by atoms with Gasteiger partial charge in [-0.3, -0.25) is 14.9 Å². The molecule has 0 heterocycles. The van der Waals surface area contributed by atoms with E-state index in [1.54, 1.807) is 0 Å². The number of nitro groups is 1. The Morgan fingerprint density at radius 3 is 2.68 bits per heavy atom. The van der Waals surface area contributed by atoms with Crippen LogP contribution < -0.4 is 10.1 Å². The third kappa shape index (κ3) is 3.26. The van der Waals surface area contributed by atoms with Gasteiger partial charge in [-0.15, -0.1) is 0 Å². The average molecular weight is 323 g/mol. The fourth-order valence-corrected chi connectivity index (χ4v) is 1.95. The van der Waals surface area contributed by atoms with Crippen molar-refractivity contribution in [2.75, 3.05) is 12.4 Å². The quantitative estimate of drug-likeness (QED) is 0.511. The van der Waals surface area contributed by atoms with Crippen LogP contribution in [0.5, 0.6) is 11.5 Å². The first kappa shape index (κ1) is 15.6. The number of carbonyl (C=O) groups is 1. The Bertz CT molecular complexity index is 748. The molecule has 0 spiro atoms. The van der Waals surface area contributed by atoms with E-state index >= 15 is 0 Å². The summed E-state index contributed by atoms with van der Waals surface area (Å²) in [5, 5.41) is 23.4. The number of aromatic hydroxyl groups is 1. The van der Waals surface area contributed by atoms with Gasteiger partial charge in [-0.25, -0.2) is 0 Å². The van der Waals surface area contributed by atoms with Gasteiger partial charge in [0.25, 0.3) is 11.6 Å². The number of ether oxygens (including phenoxy) is 1. The van der Waals surface area contributed by atoms with Crippen LogP contribution in [0.3, 0.4) is 0 Å². The Morgan fingerprint density at radius 1 is 1.32 bits per heavy atom. The molecule has 7 nitrogen and oxygen atoms in total. The van der Waals surface area contributed by atoms with Gasteiger partial charge in [-0.05, 0) is 30.3 Å². The molecule has 0 saturated heterocycles. The maximum atomic E-state index is 12.2. The molecule has 0 aliphatic heterocycles. The monoisotopic (exact) mass is 322 g/mol. The Hall–Kier alpha value is -2.80. The highest BCUT2D eigenvalue weighted by molar-refractivity contribution is 6.31. The number of hydrogen-bond acceptors (Lipinski definition) is 5. The van der Waals surface area contributed by atoms with Crippen LogP contribution in [0.1, 0.15) is 10.4 Å². The van der Waals surface area contributed by atoms with Crippen LogP contribution in [-0.4, -0.2) is 23.0 Å². The van der Waals surface area contributed by atoms with E-state index in [9.17, 15) is 20.0 Å². The summed E-state index contributed by atoms with van der Waals surface area (Å²) in [7, 11) is 1.38. The Balaban J connectivity index is 2.40. The summed E-state index contributed by atoms with van der Waals surface area (Å²) in [5.74, 6) is -0.669. The molecule has 2 rings (SSSR count). The summed E-state index contributed by atoms with van der Waals surface area (Å²) < 4.78 is 4.96. The molecular weight excluding hydrogens is 312 g/mol. The number of anilines is 1. The third-order valence-corrected chi connectivity index (χ3v) is 3.09. The van der Waals surface area contributed by atoms with Crippen molar-refractivity contribution < 1.29 is 19.6 Å². The summed E-state index contributed by atoms with van der Waals surface area (Å²) in [4.78, 5) is 22.6. The maximum absolute atomic E-state index is 12.2. The normalized spacial score (nSPS) is 10.1. The predicted octanol–water partition coefficient (Wildman–Crippen LogP) is 3.21. The van der Waals surface area contributed by atoms with E-state index in [1.165, 1.54) is 43.5 Å². The second-order valence-corrected chi connectivity index (χ2v) is 4.69. The van der Waals surface area contributed by atoms with E-state index in [1.807, 2.05) is 0 Å². The van der Waals surface area contributed by atoms with Gasteiger partial charge >= 0.3 is 0 Å². The van der Waals surface area contributed by atoms with Crippen molar-refractivity contribution in [1.82, 2.24) is 0 Å². The van der Waals surface area contributed by atoms with E-state index in [2.05, 4.69) is 5.32 Å². The van der Waals surface area contributed by atoms with Crippen LogP contribution in [-0.2, 0) is 0 Å². The molecule has 0 unspecified atom stereocenters. The van der Waals surface area contributed by atoms with E-state index in [0.29, 0.717) is 10.8 Å². The summed E-state index contributed by atoms with van der Waals surface area (Å²) in [6.07, 6.45) is 0. The zero-order valence-corrected chi connectivity index (χ0v) is 12.1. The average Bonchev–Trinajstić information content (AvgIpc) is 2.50. The molecule has 0 saturated carbocycles. The van der Waals surface area contributed by atoms with Gasteiger partial charge in [0.1, 0.15) is 17.1 Å². The lowest BCUT2D eigenvalue weighted by molar-refractivity contribution is -0.385. The van der Waals surface area contributed by atoms with Crippen LogP contribution in [0.4, 0.5) is 11.4 Å². The standard InChI is InChI=1S/C14H11ClN2O5/c1-22-9-3-4-12(17(20)21)10(7-9)14(19)16-11-6-8(15)2-5-13(11)18/h2-7,18H,1H3,(H,16,19). The number of amides is 1. The van der Waals surface area contributed by atoms with Gasteiger partial charge in [0.05, 0.1) is 17.7 Å². The number of halogens is 1. The number of phenols is 1. The van der Waals surface area contributed by atoms with Crippen LogP contribution >= 0.6 is 11.6 Å². The highest BCUT2D eigenvalue weighted by atomic mass is 35.5. The summed E-state index contributed by atoms with van der Waals surface area (Å²) in [6.45, 7) is 0. The number of benzene rings is 2. The fraction of sp³-hybridized carbons (Fsp3) is 0.0714. The molecule has 8 heteroatoms. The molecule has 0 aliphatic rings. The van der Waals surface area contributed by atoms with Crippen molar-refractivity contribution in [2.45, 2.75) is 0 Å². The molecule has 22 heavy (non-hydrogen) atoms. The smallest absolute Gasteiger partial charge is 0.282 e. The Morgan fingerprint density at radius 2 is 2.05 bits per heavy atom. The molecule has 0 bridgehead atoms. The minimum Gasteiger partial charge on any atom is -0.506 e. The molecule has 2 N–H and O–H groups in total. The number of rotatable bonds is 4. The summed E-state index contributed by atoms with van der Waals surface area (Å²) in [5.41, 5.74) is -0.516. The number of nitrogens with one attached hydrogen (secondary N) is 1. The molecule has 0 atom stereocenters. The lowest BCUT2D eigenvalue weighted by atomic mass is 10.1. The fourth-order valence-electron chi connectivity index (χ4n) is 1.78. The lowest BCUT2D eigenvalue weighted by Gasteiger charge is -2.09. The van der Waals surface area contributed by atoms with Crippen LogP contribution in [0.15, 0.2) is 36.4 Å². The highest BCUT2D eigenvalue weighted by Crippen LogP contribution is 2.29. The summed E-state index contributed by atoms with van der Waals surface area (Å²) in [6, 6.07) is 7.88. The molecule has 114 valence electrons. The Kier molecular flexibility index (Phi) is 4.47. The minimum absolute atomic E-state index is 0.0506. The SMILES string of the molecule is COc1ccc([N+](=O)[O-])c(C(=O)Nc2cc(Cl)ccc2O)c1. The molecule has 2 aromatic rings. The van der Waals surface area contributed by atoms with Crippen molar-refractivity contribution in [3.05, 3.63) is 57.1 Å². The zero-order valence-electron chi connectivity index (χ0n) is 11.4. The van der Waals surface area contributed by atoms with Gasteiger partial charge in [0.15, 0.2) is 0 Å². The molecule has 0 aromatic heterocycles. The maximum Gasteiger partial charge on any atom is 0.282 e. The highest BCUT2D eigenvalue weighted by Gasteiger charge is 2.22. The molecule has 0 fully saturated rings. The first-order valence-corrected chi connectivity index (χ1v) is 6.42. The van der Waals surface area contributed by atoms with Crippen molar-refractivity contribution in [3.63, 3.8) is 0 Å². The number of carbonyl (C=O) groups excluding carboxylic acids is 1. The molecular formula is C14H11ClN2O5. The van der Waals surface area contributed by atoms with Gasteiger partial charge in [-0.1, -0.05) is 11.6 Å². The molecule has 0 radical (unpaired) electrons. The third-order valence-electron chi connectivity index (χ3n) is 2.85. The van der Waals surface area contributed by atoms with Crippen LogP contribution in [0, 0.1) is 10.1 Å². The van der Waals surface area contributed by atoms with Crippen molar-refractivity contribution in [2.24, 2.45) is 0 Å².